The summed E-state index contributed by atoms with van der Waals surface area (Å²) in [6, 6.07) is 5.68. The molecule has 2 aromatic rings. The standard InChI is InChI=1S/C29H30F2N2O5S/c1-26-6-5-17(35)9-20(26)21(30)10-19-18-7-15-12-33(16-3-4-22-23(8-16)39-14-32-22)38-29(15,25(37)13-34)27(18,2)11-24(36)28(19,26)31/h3-6,8-9,14-15,18-19,21,24,34,36H,7,10-13H2,1-2H3/t15-,18-,19-,21-,24-,26-,27-,28-,29-/m0/s1. The predicted molar refractivity (Wildman–Crippen MR) is 140 cm³/mol. The molecule has 10 heteroatoms. The van der Waals surface area contributed by atoms with Gasteiger partial charge in [-0.1, -0.05) is 13.0 Å². The SMILES string of the molecule is C[C@]12C=CC(=O)C=C1[C@@H](F)C[C@H]1[C@@H]3C[C@H]4CN(c5ccc6ncsc6c5)O[C@@]4(C(=O)CO)[C@@]3(C)C[C@H](O)[C@@]12F. The van der Waals surface area contributed by atoms with Gasteiger partial charge in [0.1, 0.15) is 12.8 Å². The van der Waals surface area contributed by atoms with Crippen LogP contribution in [0.3, 0.4) is 0 Å². The molecule has 2 heterocycles. The summed E-state index contributed by atoms with van der Waals surface area (Å²) in [5.41, 5.74) is -2.88. The van der Waals surface area contributed by atoms with E-state index in [1.54, 1.807) is 17.5 Å². The van der Waals surface area contributed by atoms with Gasteiger partial charge in [0.2, 0.25) is 0 Å². The Morgan fingerprint density at radius 3 is 2.85 bits per heavy atom. The van der Waals surface area contributed by atoms with Gasteiger partial charge in [-0.3, -0.25) is 19.5 Å². The number of hydroxylamine groups is 1. The van der Waals surface area contributed by atoms with Crippen LogP contribution in [0.2, 0.25) is 0 Å². The monoisotopic (exact) mass is 556 g/mol. The number of hydrogen-bond donors (Lipinski definition) is 2. The molecule has 4 aliphatic carbocycles. The second-order valence-corrected chi connectivity index (χ2v) is 13.2. The molecule has 0 spiro atoms. The normalized spacial score (nSPS) is 44.6. The van der Waals surface area contributed by atoms with Crippen LogP contribution >= 0.6 is 11.3 Å². The van der Waals surface area contributed by atoms with Gasteiger partial charge in [0.15, 0.2) is 22.8 Å². The predicted octanol–water partition coefficient (Wildman–Crippen LogP) is 3.89. The maximum atomic E-state index is 17.5. The number of rotatable bonds is 3. The third-order valence-corrected chi connectivity index (χ3v) is 11.6. The molecule has 1 aromatic heterocycles. The number of carbonyl (C=O) groups is 2. The molecule has 1 aliphatic heterocycles. The van der Waals surface area contributed by atoms with Crippen molar-refractivity contribution in [1.29, 1.82) is 0 Å². The Kier molecular flexibility index (Phi) is 5.23. The highest BCUT2D eigenvalue weighted by molar-refractivity contribution is 7.16. The number of ketones is 2. The third-order valence-electron chi connectivity index (χ3n) is 10.8. The number of halogens is 2. The first-order chi connectivity index (χ1) is 18.5. The number of fused-ring (bicyclic) bond motifs is 8. The molecule has 39 heavy (non-hydrogen) atoms. The number of allylic oxidation sites excluding steroid dienone is 4. The summed E-state index contributed by atoms with van der Waals surface area (Å²) >= 11 is 1.49. The van der Waals surface area contributed by atoms with Crippen LogP contribution in [0.4, 0.5) is 14.5 Å². The summed E-state index contributed by atoms with van der Waals surface area (Å²) in [7, 11) is 0. The van der Waals surface area contributed by atoms with Gasteiger partial charge < -0.3 is 10.2 Å². The fourth-order valence-corrected chi connectivity index (χ4v) is 9.73. The number of Topliss-reactive ketones (excluding diaryl/α,β-unsaturated/α-hetero) is 1. The molecule has 2 N–H and O–H groups in total. The summed E-state index contributed by atoms with van der Waals surface area (Å²) in [4.78, 5) is 36.6. The van der Waals surface area contributed by atoms with Crippen LogP contribution in [0.1, 0.15) is 33.1 Å². The number of benzene rings is 1. The van der Waals surface area contributed by atoms with E-state index in [0.29, 0.717) is 13.0 Å². The summed E-state index contributed by atoms with van der Waals surface area (Å²) in [6.45, 7) is 2.96. The first kappa shape index (κ1) is 25.4. The fraction of sp³-hybridized carbons (Fsp3) is 0.552. The van der Waals surface area contributed by atoms with Gasteiger partial charge in [-0.2, -0.15) is 0 Å². The van der Waals surface area contributed by atoms with Crippen LogP contribution in [0.15, 0.2) is 47.5 Å². The number of alkyl halides is 2. The van der Waals surface area contributed by atoms with Crippen molar-refractivity contribution in [2.75, 3.05) is 18.2 Å². The molecule has 7 rings (SSSR count). The molecule has 206 valence electrons. The zero-order chi connectivity index (χ0) is 27.5. The van der Waals surface area contributed by atoms with Crippen molar-refractivity contribution >= 4 is 38.8 Å². The maximum absolute atomic E-state index is 17.5. The van der Waals surface area contributed by atoms with Gasteiger partial charge in [0.25, 0.3) is 0 Å². The average molecular weight is 557 g/mol. The number of hydrogen-bond acceptors (Lipinski definition) is 8. The highest BCUT2D eigenvalue weighted by Crippen LogP contribution is 2.72. The minimum Gasteiger partial charge on any atom is -0.390 e. The van der Waals surface area contributed by atoms with E-state index in [-0.39, 0.29) is 18.4 Å². The van der Waals surface area contributed by atoms with E-state index in [9.17, 15) is 19.8 Å². The minimum atomic E-state index is -2.23. The Morgan fingerprint density at radius 1 is 1.28 bits per heavy atom. The number of thiazole rings is 1. The highest BCUT2D eigenvalue weighted by Gasteiger charge is 2.79. The molecule has 4 fully saturated rings. The van der Waals surface area contributed by atoms with Crippen molar-refractivity contribution in [3.05, 3.63) is 47.5 Å². The van der Waals surface area contributed by atoms with Crippen molar-refractivity contribution in [3.8, 4) is 0 Å². The second kappa shape index (κ2) is 8.02. The topological polar surface area (TPSA) is 100.0 Å². The zero-order valence-electron chi connectivity index (χ0n) is 21.6. The van der Waals surface area contributed by atoms with E-state index in [1.807, 2.05) is 25.1 Å². The Bertz CT molecular complexity index is 1480. The van der Waals surface area contributed by atoms with Gasteiger partial charge in [0.05, 0.1) is 34.1 Å². The van der Waals surface area contributed by atoms with Crippen LogP contribution in [-0.2, 0) is 14.4 Å². The summed E-state index contributed by atoms with van der Waals surface area (Å²) < 4.78 is 34.2. The van der Waals surface area contributed by atoms with Gasteiger partial charge in [-0.05, 0) is 68.0 Å². The first-order valence-corrected chi connectivity index (χ1v) is 14.3. The van der Waals surface area contributed by atoms with Gasteiger partial charge in [-0.25, -0.2) is 13.8 Å². The summed E-state index contributed by atoms with van der Waals surface area (Å²) in [5, 5.41) is 23.4. The second-order valence-electron chi connectivity index (χ2n) is 12.3. The number of aliphatic hydroxyl groups is 2. The van der Waals surface area contributed by atoms with Crippen molar-refractivity contribution in [2.45, 2.75) is 56.7 Å². The fourth-order valence-electron chi connectivity index (χ4n) is 9.02. The van der Waals surface area contributed by atoms with Crippen LogP contribution < -0.4 is 5.06 Å². The molecule has 1 aromatic carbocycles. The van der Waals surface area contributed by atoms with Crippen LogP contribution in [0, 0.1) is 28.6 Å². The van der Waals surface area contributed by atoms with Crippen molar-refractivity contribution in [1.82, 2.24) is 4.98 Å². The molecule has 5 aliphatic rings. The molecule has 9 atom stereocenters. The molecule has 0 bridgehead atoms. The van der Waals surface area contributed by atoms with E-state index < -0.39 is 70.3 Å². The maximum Gasteiger partial charge on any atom is 0.193 e. The number of nitrogens with zero attached hydrogens (tertiary/aromatic N) is 2. The van der Waals surface area contributed by atoms with E-state index in [0.717, 1.165) is 15.9 Å². The van der Waals surface area contributed by atoms with Gasteiger partial charge >= 0.3 is 0 Å². The zero-order valence-corrected chi connectivity index (χ0v) is 22.5. The molecule has 3 saturated carbocycles. The number of aliphatic hydroxyl groups excluding tert-OH is 2. The Labute approximate surface area is 228 Å². The molecular formula is C29H30F2N2O5S. The van der Waals surface area contributed by atoms with Crippen LogP contribution in [-0.4, -0.2) is 63.5 Å². The van der Waals surface area contributed by atoms with E-state index >= 15 is 8.78 Å². The first-order valence-electron chi connectivity index (χ1n) is 13.4. The lowest BCUT2D eigenvalue weighted by molar-refractivity contribution is -0.228. The van der Waals surface area contributed by atoms with Crippen LogP contribution in [0.5, 0.6) is 0 Å². The van der Waals surface area contributed by atoms with Crippen molar-refractivity contribution in [3.63, 3.8) is 0 Å². The van der Waals surface area contributed by atoms with Crippen molar-refractivity contribution in [2.24, 2.45) is 28.6 Å². The van der Waals surface area contributed by atoms with Crippen LogP contribution in [0.25, 0.3) is 10.2 Å². The molecule has 0 radical (unpaired) electrons. The summed E-state index contributed by atoms with van der Waals surface area (Å²) in [6.07, 6.45) is 0.819. The summed E-state index contributed by atoms with van der Waals surface area (Å²) in [5.74, 6) is -2.71. The minimum absolute atomic E-state index is 0.0663. The highest BCUT2D eigenvalue weighted by atomic mass is 32.1. The molecule has 7 nitrogen and oxygen atoms in total. The number of carbonyl (C=O) groups excluding carboxylic acids is 2. The largest absolute Gasteiger partial charge is 0.390 e. The lowest BCUT2D eigenvalue weighted by Crippen LogP contribution is -2.70. The Balaban J connectivity index is 1.31. The smallest absolute Gasteiger partial charge is 0.193 e. The van der Waals surface area contributed by atoms with Gasteiger partial charge in [-0.15, -0.1) is 11.3 Å². The molecule has 0 amide bonds. The van der Waals surface area contributed by atoms with E-state index in [4.69, 9.17) is 4.84 Å². The lowest BCUT2D eigenvalue weighted by Gasteiger charge is -2.63. The average Bonchev–Trinajstić information content (AvgIpc) is 3.59. The molecule has 0 unspecified atom stereocenters. The Morgan fingerprint density at radius 2 is 2.08 bits per heavy atom. The van der Waals surface area contributed by atoms with E-state index in [1.165, 1.54) is 29.6 Å². The van der Waals surface area contributed by atoms with Gasteiger partial charge in [0, 0.05) is 22.7 Å². The quantitative estimate of drug-likeness (QED) is 0.592. The van der Waals surface area contributed by atoms with E-state index in [2.05, 4.69) is 4.98 Å². The molecule has 1 saturated heterocycles. The Hall–Kier alpha value is -2.53. The molecular weight excluding hydrogens is 526 g/mol. The lowest BCUT2D eigenvalue weighted by atomic mass is 9.44. The number of aromatic nitrogens is 1. The number of anilines is 1. The van der Waals surface area contributed by atoms with Crippen molar-refractivity contribution < 1.29 is 33.4 Å². The third kappa shape index (κ3) is 2.93.